The summed E-state index contributed by atoms with van der Waals surface area (Å²) in [6.07, 6.45) is 0. The van der Waals surface area contributed by atoms with Crippen LogP contribution in [0.25, 0.3) is 20.4 Å². The van der Waals surface area contributed by atoms with Crippen LogP contribution in [0.15, 0.2) is 42.5 Å². The van der Waals surface area contributed by atoms with Gasteiger partial charge in [0.15, 0.2) is 5.82 Å². The maximum Gasteiger partial charge on any atom is 0.166 e. The van der Waals surface area contributed by atoms with E-state index in [1.54, 1.807) is 11.3 Å². The molecule has 22 heavy (non-hydrogen) atoms. The summed E-state index contributed by atoms with van der Waals surface area (Å²) in [6.45, 7) is 2.80. The summed E-state index contributed by atoms with van der Waals surface area (Å²) < 4.78 is 3.12. The van der Waals surface area contributed by atoms with Gasteiger partial charge in [-0.2, -0.15) is 5.10 Å². The van der Waals surface area contributed by atoms with Crippen molar-refractivity contribution in [1.82, 2.24) is 14.8 Å². The van der Waals surface area contributed by atoms with Crippen molar-refractivity contribution in [2.45, 2.75) is 13.5 Å². The molecule has 5 heteroatoms. The van der Waals surface area contributed by atoms with Gasteiger partial charge in [0.1, 0.15) is 4.83 Å². The van der Waals surface area contributed by atoms with E-state index in [9.17, 15) is 0 Å². The molecule has 0 fully saturated rings. The van der Waals surface area contributed by atoms with Crippen LogP contribution in [0, 0.1) is 6.92 Å². The molecule has 110 valence electrons. The number of hydrogen-bond donors (Lipinski definition) is 1. The highest BCUT2D eigenvalue weighted by atomic mass is 32.1. The smallest absolute Gasteiger partial charge is 0.166 e. The molecule has 0 radical (unpaired) electrons. The summed E-state index contributed by atoms with van der Waals surface area (Å²) in [6, 6.07) is 14.6. The lowest BCUT2D eigenvalue weighted by molar-refractivity contribution is 0.799. The van der Waals surface area contributed by atoms with Crippen molar-refractivity contribution in [3.05, 3.63) is 53.7 Å². The van der Waals surface area contributed by atoms with Gasteiger partial charge in [0.2, 0.25) is 0 Å². The normalized spacial score (nSPS) is 11.4. The average molecular weight is 308 g/mol. The molecule has 0 saturated heterocycles. The maximum atomic E-state index is 4.64. The third kappa shape index (κ3) is 2.14. The van der Waals surface area contributed by atoms with Crippen molar-refractivity contribution in [3.63, 3.8) is 0 Å². The van der Waals surface area contributed by atoms with Gasteiger partial charge in [0.05, 0.1) is 10.2 Å². The monoisotopic (exact) mass is 308 g/mol. The minimum atomic E-state index is 0.771. The van der Waals surface area contributed by atoms with E-state index < -0.39 is 0 Å². The lowest BCUT2D eigenvalue weighted by Crippen LogP contribution is -2.00. The zero-order valence-corrected chi connectivity index (χ0v) is 13.3. The lowest BCUT2D eigenvalue weighted by atomic mass is 10.2. The van der Waals surface area contributed by atoms with Crippen molar-refractivity contribution in [1.29, 1.82) is 0 Å². The van der Waals surface area contributed by atoms with Gasteiger partial charge in [-0.25, -0.2) is 4.98 Å². The Bertz CT molecular complexity index is 953. The van der Waals surface area contributed by atoms with Gasteiger partial charge in [-0.1, -0.05) is 30.3 Å². The number of thiophene rings is 1. The first-order valence-electron chi connectivity index (χ1n) is 7.23. The van der Waals surface area contributed by atoms with Crippen LogP contribution < -0.4 is 5.32 Å². The number of anilines is 1. The summed E-state index contributed by atoms with van der Waals surface area (Å²) in [4.78, 5) is 5.71. The van der Waals surface area contributed by atoms with Gasteiger partial charge in [-0.15, -0.1) is 11.3 Å². The predicted octanol–water partition coefficient (Wildman–Crippen LogP) is 4.10. The van der Waals surface area contributed by atoms with Crippen molar-refractivity contribution >= 4 is 37.6 Å². The average Bonchev–Trinajstić information content (AvgIpc) is 3.04. The summed E-state index contributed by atoms with van der Waals surface area (Å²) in [7, 11) is 1.99. The number of nitrogens with zero attached hydrogens (tertiary/aromatic N) is 3. The van der Waals surface area contributed by atoms with Crippen molar-refractivity contribution in [2.24, 2.45) is 7.05 Å². The Morgan fingerprint density at radius 1 is 1.14 bits per heavy atom. The highest BCUT2D eigenvalue weighted by Gasteiger charge is 2.15. The molecule has 0 aliphatic heterocycles. The summed E-state index contributed by atoms with van der Waals surface area (Å²) >= 11 is 1.70. The fraction of sp³-hybridized carbons (Fsp3) is 0.176. The molecule has 0 amide bonds. The second-order valence-corrected chi connectivity index (χ2v) is 6.40. The Morgan fingerprint density at radius 2 is 1.95 bits per heavy atom. The van der Waals surface area contributed by atoms with Gasteiger partial charge >= 0.3 is 0 Å². The minimum absolute atomic E-state index is 0.771. The number of pyridine rings is 1. The van der Waals surface area contributed by atoms with Crippen molar-refractivity contribution < 1.29 is 0 Å². The number of fused-ring (bicyclic) bond motifs is 3. The molecule has 3 aromatic heterocycles. The molecule has 0 atom stereocenters. The third-order valence-electron chi connectivity index (χ3n) is 3.76. The van der Waals surface area contributed by atoms with Crippen LogP contribution in [0.2, 0.25) is 0 Å². The first-order valence-corrected chi connectivity index (χ1v) is 8.04. The van der Waals surface area contributed by atoms with Gasteiger partial charge in [0.25, 0.3) is 0 Å². The fourth-order valence-corrected chi connectivity index (χ4v) is 3.89. The van der Waals surface area contributed by atoms with Crippen LogP contribution in [0.5, 0.6) is 0 Å². The van der Waals surface area contributed by atoms with E-state index in [0.717, 1.165) is 28.4 Å². The van der Waals surface area contributed by atoms with E-state index in [0.29, 0.717) is 0 Å². The van der Waals surface area contributed by atoms with Crippen LogP contribution in [0.1, 0.15) is 11.3 Å². The van der Waals surface area contributed by atoms with E-state index >= 15 is 0 Å². The molecular weight excluding hydrogens is 292 g/mol. The van der Waals surface area contributed by atoms with Crippen LogP contribution >= 0.6 is 11.3 Å². The largest absolute Gasteiger partial charge is 0.363 e. The second-order valence-electron chi connectivity index (χ2n) is 5.40. The van der Waals surface area contributed by atoms with Crippen LogP contribution in [0.3, 0.4) is 0 Å². The Kier molecular flexibility index (Phi) is 3.08. The van der Waals surface area contributed by atoms with E-state index in [1.165, 1.54) is 15.6 Å². The van der Waals surface area contributed by atoms with Gasteiger partial charge in [-0.3, -0.25) is 4.68 Å². The summed E-state index contributed by atoms with van der Waals surface area (Å²) in [5.74, 6) is 0.932. The van der Waals surface area contributed by atoms with Crippen molar-refractivity contribution in [3.8, 4) is 0 Å². The molecule has 4 aromatic rings. The zero-order valence-electron chi connectivity index (χ0n) is 12.5. The molecule has 0 saturated carbocycles. The zero-order chi connectivity index (χ0) is 15.1. The molecule has 0 aliphatic rings. The Balaban J connectivity index is 1.76. The quantitative estimate of drug-likeness (QED) is 0.619. The van der Waals surface area contributed by atoms with Gasteiger partial charge in [0, 0.05) is 24.7 Å². The summed E-state index contributed by atoms with van der Waals surface area (Å²) in [5, 5.41) is 9.25. The molecule has 1 aromatic carbocycles. The molecule has 4 nitrogen and oxygen atoms in total. The molecule has 1 N–H and O–H groups in total. The Hall–Kier alpha value is -2.40. The van der Waals surface area contributed by atoms with Crippen LogP contribution in [-0.4, -0.2) is 14.8 Å². The summed E-state index contributed by atoms with van der Waals surface area (Å²) in [5.41, 5.74) is 3.45. The predicted molar refractivity (Wildman–Crippen MR) is 92.4 cm³/mol. The molecule has 4 rings (SSSR count). The van der Waals surface area contributed by atoms with E-state index in [2.05, 4.69) is 51.8 Å². The fourth-order valence-electron chi connectivity index (χ4n) is 2.68. The molecule has 0 bridgehead atoms. The molecule has 0 unspecified atom stereocenters. The number of aromatic nitrogens is 3. The maximum absolute atomic E-state index is 4.64. The number of benzene rings is 1. The van der Waals surface area contributed by atoms with E-state index in [1.807, 2.05) is 24.7 Å². The number of aryl methyl sites for hydroxylation is 2. The van der Waals surface area contributed by atoms with Crippen LogP contribution in [0.4, 0.5) is 5.82 Å². The van der Waals surface area contributed by atoms with E-state index in [4.69, 9.17) is 0 Å². The number of nitrogens with one attached hydrogen (secondary N) is 1. The number of hydrogen-bond acceptors (Lipinski definition) is 4. The second kappa shape index (κ2) is 5.10. The molecule has 0 aliphatic carbocycles. The topological polar surface area (TPSA) is 42.7 Å². The van der Waals surface area contributed by atoms with E-state index in [-0.39, 0.29) is 0 Å². The molecule has 0 spiro atoms. The first kappa shape index (κ1) is 13.3. The minimum Gasteiger partial charge on any atom is -0.363 e. The first-order chi connectivity index (χ1) is 10.7. The Labute approximate surface area is 132 Å². The lowest BCUT2D eigenvalue weighted by Gasteiger charge is -2.02. The molecule has 3 heterocycles. The van der Waals surface area contributed by atoms with Crippen molar-refractivity contribution in [2.75, 3.05) is 5.32 Å². The SMILES string of the molecule is Cc1ccc2c(n1)sc1c(NCc3ccccc3)nn(C)c12. The van der Waals surface area contributed by atoms with Crippen LogP contribution in [-0.2, 0) is 13.6 Å². The standard InChI is InChI=1S/C17H16N4S/c1-11-8-9-13-14-15(22-17(13)19-11)16(20-21(14)2)18-10-12-6-4-3-5-7-12/h3-9H,10H2,1-2H3,(H,18,20). The highest BCUT2D eigenvalue weighted by Crippen LogP contribution is 2.37. The Morgan fingerprint density at radius 3 is 2.77 bits per heavy atom. The van der Waals surface area contributed by atoms with Gasteiger partial charge < -0.3 is 5.32 Å². The number of rotatable bonds is 3. The van der Waals surface area contributed by atoms with Gasteiger partial charge in [-0.05, 0) is 24.6 Å². The highest BCUT2D eigenvalue weighted by molar-refractivity contribution is 7.26. The third-order valence-corrected chi connectivity index (χ3v) is 4.86. The molecular formula is C17H16N4S.